The average Bonchev–Trinajstić information content (AvgIpc) is 3.47. The number of amides is 1. The fourth-order valence-corrected chi connectivity index (χ4v) is 5.74. The maximum atomic E-state index is 13.6. The first-order valence-electron chi connectivity index (χ1n) is 15.0. The molecule has 2 atom stereocenters. The Kier molecular flexibility index (Phi) is 9.38. The van der Waals surface area contributed by atoms with Crippen molar-refractivity contribution in [2.75, 3.05) is 52.6 Å². The van der Waals surface area contributed by atoms with Crippen LogP contribution in [0.3, 0.4) is 0 Å². The molecule has 2 aromatic rings. The third kappa shape index (κ3) is 6.42. The summed E-state index contributed by atoms with van der Waals surface area (Å²) in [7, 11) is 0. The Morgan fingerprint density at radius 2 is 1.83 bits per heavy atom. The van der Waals surface area contributed by atoms with Gasteiger partial charge >= 0.3 is 0 Å². The Morgan fingerprint density at radius 1 is 1.05 bits per heavy atom. The third-order valence-electron chi connectivity index (χ3n) is 8.01. The van der Waals surface area contributed by atoms with E-state index in [1.165, 1.54) is 0 Å². The molecule has 9 heteroatoms. The van der Waals surface area contributed by atoms with Crippen LogP contribution in [-0.2, 0) is 20.7 Å². The van der Waals surface area contributed by atoms with E-state index in [9.17, 15) is 14.7 Å². The SMILES string of the molecule is CCOc1cc(C2/C(=C(/O)c3ccc4c(c3)CC(C)O4)C(=O)C(=O)N2CCN2CCOCC2)ccc1OCCC(C)C. The Hall–Kier alpha value is -3.56. The third-order valence-corrected chi connectivity index (χ3v) is 8.01. The van der Waals surface area contributed by atoms with Crippen LogP contribution in [0.25, 0.3) is 5.76 Å². The van der Waals surface area contributed by atoms with Crippen molar-refractivity contribution in [3.8, 4) is 17.2 Å². The van der Waals surface area contributed by atoms with E-state index in [0.717, 1.165) is 30.8 Å². The fraction of sp³-hybridized carbons (Fsp3) is 0.515. The number of hydrogen-bond acceptors (Lipinski definition) is 8. The van der Waals surface area contributed by atoms with Crippen LogP contribution in [0.1, 0.15) is 56.8 Å². The average molecular weight is 579 g/mol. The van der Waals surface area contributed by atoms with E-state index in [2.05, 4.69) is 18.7 Å². The maximum Gasteiger partial charge on any atom is 0.295 e. The Labute approximate surface area is 248 Å². The summed E-state index contributed by atoms with van der Waals surface area (Å²) in [6.07, 6.45) is 1.66. The normalized spacial score (nSPS) is 22.0. The van der Waals surface area contributed by atoms with Crippen molar-refractivity contribution < 1.29 is 33.6 Å². The molecule has 0 bridgehead atoms. The number of hydrogen-bond donors (Lipinski definition) is 1. The van der Waals surface area contributed by atoms with Gasteiger partial charge in [0.25, 0.3) is 11.7 Å². The number of ketones is 1. The lowest BCUT2D eigenvalue weighted by Crippen LogP contribution is -2.42. The van der Waals surface area contributed by atoms with E-state index in [1.54, 1.807) is 11.0 Å². The Morgan fingerprint density at radius 3 is 2.57 bits per heavy atom. The molecule has 2 unspecified atom stereocenters. The molecule has 1 amide bonds. The molecule has 1 N–H and O–H groups in total. The van der Waals surface area contributed by atoms with Crippen LogP contribution in [0.4, 0.5) is 0 Å². The highest BCUT2D eigenvalue weighted by Crippen LogP contribution is 2.43. The lowest BCUT2D eigenvalue weighted by molar-refractivity contribution is -0.140. The van der Waals surface area contributed by atoms with E-state index in [1.807, 2.05) is 44.2 Å². The maximum absolute atomic E-state index is 13.6. The van der Waals surface area contributed by atoms with Crippen molar-refractivity contribution in [2.24, 2.45) is 5.92 Å². The van der Waals surface area contributed by atoms with Gasteiger partial charge in [-0.15, -0.1) is 0 Å². The number of carbonyl (C=O) groups excluding carboxylic acids is 2. The largest absolute Gasteiger partial charge is 0.507 e. The lowest BCUT2D eigenvalue weighted by Gasteiger charge is -2.31. The molecule has 0 aromatic heterocycles. The number of fused-ring (bicyclic) bond motifs is 1. The minimum absolute atomic E-state index is 0.0430. The number of nitrogens with zero attached hydrogens (tertiary/aromatic N) is 2. The van der Waals surface area contributed by atoms with Gasteiger partial charge in [-0.05, 0) is 67.6 Å². The predicted octanol–water partition coefficient (Wildman–Crippen LogP) is 4.59. The summed E-state index contributed by atoms with van der Waals surface area (Å²) in [5.74, 6) is 0.921. The van der Waals surface area contributed by atoms with Gasteiger partial charge in [0.1, 0.15) is 17.6 Å². The van der Waals surface area contributed by atoms with Crippen LogP contribution < -0.4 is 14.2 Å². The van der Waals surface area contributed by atoms with Crippen LogP contribution >= 0.6 is 0 Å². The zero-order chi connectivity index (χ0) is 29.8. The fourth-order valence-electron chi connectivity index (χ4n) is 5.74. The van der Waals surface area contributed by atoms with Gasteiger partial charge in [-0.1, -0.05) is 19.9 Å². The molecule has 0 aliphatic carbocycles. The van der Waals surface area contributed by atoms with E-state index in [-0.39, 0.29) is 17.4 Å². The van der Waals surface area contributed by atoms with E-state index in [0.29, 0.717) is 74.5 Å². The summed E-state index contributed by atoms with van der Waals surface area (Å²) in [4.78, 5) is 30.9. The van der Waals surface area contributed by atoms with Crippen molar-refractivity contribution in [1.82, 2.24) is 9.80 Å². The number of carbonyl (C=O) groups is 2. The van der Waals surface area contributed by atoms with Crippen molar-refractivity contribution in [3.05, 3.63) is 58.7 Å². The van der Waals surface area contributed by atoms with E-state index >= 15 is 0 Å². The summed E-state index contributed by atoms with van der Waals surface area (Å²) in [5, 5.41) is 11.6. The quantitative estimate of drug-likeness (QED) is 0.235. The molecule has 2 fully saturated rings. The summed E-state index contributed by atoms with van der Waals surface area (Å²) < 4.78 is 23.3. The number of aliphatic hydroxyl groups is 1. The van der Waals surface area contributed by atoms with E-state index in [4.69, 9.17) is 18.9 Å². The summed E-state index contributed by atoms with van der Waals surface area (Å²) in [6, 6.07) is 10.1. The van der Waals surface area contributed by atoms with Gasteiger partial charge in [0.05, 0.1) is 38.0 Å². The van der Waals surface area contributed by atoms with Crippen molar-refractivity contribution in [2.45, 2.75) is 52.7 Å². The molecule has 3 heterocycles. The molecule has 2 saturated heterocycles. The van der Waals surface area contributed by atoms with Gasteiger partial charge in [0.15, 0.2) is 11.5 Å². The molecule has 226 valence electrons. The molecule has 42 heavy (non-hydrogen) atoms. The smallest absolute Gasteiger partial charge is 0.295 e. The number of likely N-dealkylation sites (tertiary alicyclic amines) is 1. The minimum Gasteiger partial charge on any atom is -0.507 e. The van der Waals surface area contributed by atoms with Gasteiger partial charge in [0.2, 0.25) is 0 Å². The van der Waals surface area contributed by atoms with Gasteiger partial charge in [-0.2, -0.15) is 0 Å². The number of rotatable bonds is 11. The second-order valence-corrected chi connectivity index (χ2v) is 11.6. The summed E-state index contributed by atoms with van der Waals surface area (Å²) >= 11 is 0. The van der Waals surface area contributed by atoms with Crippen LogP contribution in [0.2, 0.25) is 0 Å². The second kappa shape index (κ2) is 13.2. The molecule has 3 aliphatic rings. The highest BCUT2D eigenvalue weighted by atomic mass is 16.5. The van der Waals surface area contributed by atoms with E-state index < -0.39 is 17.7 Å². The van der Waals surface area contributed by atoms with Crippen molar-refractivity contribution in [1.29, 1.82) is 0 Å². The monoisotopic (exact) mass is 578 g/mol. The number of Topliss-reactive ketones (excluding diaryl/α,β-unsaturated/α-hetero) is 1. The number of ether oxygens (including phenoxy) is 4. The van der Waals surface area contributed by atoms with Crippen LogP contribution in [0.5, 0.6) is 17.2 Å². The highest BCUT2D eigenvalue weighted by molar-refractivity contribution is 6.46. The number of aliphatic hydroxyl groups excluding tert-OH is 1. The standard InChI is InChI=1S/C33H42N2O7/c1-5-40-28-20-23(6-9-27(28)41-15-10-21(2)3)30-29(31(36)24-7-8-26-25(19-24)18-22(4)42-26)32(37)33(38)35(30)12-11-34-13-16-39-17-14-34/h6-9,19-22,30,36H,5,10-18H2,1-4H3/b31-29-. The first-order valence-corrected chi connectivity index (χ1v) is 15.0. The molecule has 0 spiro atoms. The molecule has 0 saturated carbocycles. The van der Waals surface area contributed by atoms with Gasteiger partial charge in [-0.3, -0.25) is 14.5 Å². The van der Waals surface area contributed by atoms with Crippen LogP contribution in [-0.4, -0.2) is 85.3 Å². The summed E-state index contributed by atoms with van der Waals surface area (Å²) in [5.41, 5.74) is 2.20. The zero-order valence-corrected chi connectivity index (χ0v) is 25.1. The topological polar surface area (TPSA) is 97.8 Å². The molecule has 2 aromatic carbocycles. The molecular weight excluding hydrogens is 536 g/mol. The minimum atomic E-state index is -0.779. The van der Waals surface area contributed by atoms with Crippen molar-refractivity contribution in [3.63, 3.8) is 0 Å². The molecule has 0 radical (unpaired) electrons. The lowest BCUT2D eigenvalue weighted by atomic mass is 9.94. The first-order chi connectivity index (χ1) is 20.3. The predicted molar refractivity (Wildman–Crippen MR) is 159 cm³/mol. The number of morpholine rings is 1. The highest BCUT2D eigenvalue weighted by Gasteiger charge is 2.46. The van der Waals surface area contributed by atoms with Crippen LogP contribution in [0.15, 0.2) is 42.0 Å². The zero-order valence-electron chi connectivity index (χ0n) is 25.1. The summed E-state index contributed by atoms with van der Waals surface area (Å²) in [6.45, 7) is 12.9. The molecular formula is C33H42N2O7. The second-order valence-electron chi connectivity index (χ2n) is 11.6. The molecule has 9 nitrogen and oxygen atoms in total. The van der Waals surface area contributed by atoms with Gasteiger partial charge in [0, 0.05) is 38.2 Å². The number of benzene rings is 2. The van der Waals surface area contributed by atoms with Crippen molar-refractivity contribution >= 4 is 17.4 Å². The Balaban J connectivity index is 1.53. The molecule has 5 rings (SSSR count). The van der Waals surface area contributed by atoms with Gasteiger partial charge < -0.3 is 29.0 Å². The molecule has 3 aliphatic heterocycles. The van der Waals surface area contributed by atoms with Crippen LogP contribution in [0, 0.1) is 5.92 Å². The Bertz CT molecular complexity index is 1330. The van der Waals surface area contributed by atoms with Gasteiger partial charge in [-0.25, -0.2) is 0 Å². The first kappa shape index (κ1) is 29.9.